The van der Waals surface area contributed by atoms with Crippen LogP contribution in [0.5, 0.6) is 0 Å². The van der Waals surface area contributed by atoms with Gasteiger partial charge in [-0.15, -0.1) is 12.4 Å². The second-order valence-electron chi connectivity index (χ2n) is 6.17. The van der Waals surface area contributed by atoms with Crippen molar-refractivity contribution in [3.8, 4) is 0 Å². The van der Waals surface area contributed by atoms with E-state index in [2.05, 4.69) is 16.0 Å². The van der Waals surface area contributed by atoms with Gasteiger partial charge in [0.05, 0.1) is 6.04 Å². The van der Waals surface area contributed by atoms with Gasteiger partial charge in [0.1, 0.15) is 0 Å². The van der Waals surface area contributed by atoms with E-state index in [1.807, 2.05) is 37.3 Å². The summed E-state index contributed by atoms with van der Waals surface area (Å²) in [6.45, 7) is 2.88. The summed E-state index contributed by atoms with van der Waals surface area (Å²) in [7, 11) is 0. The first-order valence-electron chi connectivity index (χ1n) is 8.37. The minimum atomic E-state index is -0.600. The largest absolute Gasteiger partial charge is 0.385 e. The molecule has 6 nitrogen and oxygen atoms in total. The number of urea groups is 1. The summed E-state index contributed by atoms with van der Waals surface area (Å²) in [6.07, 6.45) is 1.94. The normalized spacial score (nSPS) is 13.4. The van der Waals surface area contributed by atoms with Crippen molar-refractivity contribution in [3.05, 3.63) is 59.2 Å². The predicted molar refractivity (Wildman–Crippen MR) is 106 cm³/mol. The van der Waals surface area contributed by atoms with Crippen LogP contribution in [0.1, 0.15) is 40.9 Å². The molecule has 0 aliphatic carbocycles. The molecule has 2 aromatic carbocycles. The van der Waals surface area contributed by atoms with Gasteiger partial charge in [-0.3, -0.25) is 4.79 Å². The highest BCUT2D eigenvalue weighted by Gasteiger charge is 2.19. The van der Waals surface area contributed by atoms with Crippen LogP contribution in [0.3, 0.4) is 0 Å². The van der Waals surface area contributed by atoms with Gasteiger partial charge in [-0.1, -0.05) is 18.2 Å². The van der Waals surface area contributed by atoms with E-state index >= 15 is 0 Å². The smallest absolute Gasteiger partial charge is 0.316 e. The van der Waals surface area contributed by atoms with E-state index in [-0.39, 0.29) is 24.4 Å². The number of carbonyl (C=O) groups is 2. The molecular weight excluding hydrogens is 352 g/mol. The third-order valence-electron chi connectivity index (χ3n) is 4.37. The van der Waals surface area contributed by atoms with Crippen molar-refractivity contribution in [1.82, 2.24) is 5.32 Å². The van der Waals surface area contributed by atoms with Gasteiger partial charge in [0.15, 0.2) is 0 Å². The summed E-state index contributed by atoms with van der Waals surface area (Å²) in [6, 6.07) is 12.3. The summed E-state index contributed by atoms with van der Waals surface area (Å²) in [5.41, 5.74) is 9.53. The Morgan fingerprint density at radius 2 is 1.88 bits per heavy atom. The Morgan fingerprint density at radius 1 is 1.15 bits per heavy atom. The first-order chi connectivity index (χ1) is 12.0. The second-order valence-corrected chi connectivity index (χ2v) is 6.17. The van der Waals surface area contributed by atoms with Gasteiger partial charge in [-0.25, -0.2) is 4.79 Å². The summed E-state index contributed by atoms with van der Waals surface area (Å²) < 4.78 is 0. The van der Waals surface area contributed by atoms with Crippen LogP contribution in [0, 0.1) is 0 Å². The van der Waals surface area contributed by atoms with Crippen molar-refractivity contribution in [2.45, 2.75) is 25.8 Å². The molecule has 1 aliphatic rings. The number of carbonyl (C=O) groups excluding carboxylic acids is 2. The van der Waals surface area contributed by atoms with Crippen molar-refractivity contribution in [2.24, 2.45) is 5.73 Å². The summed E-state index contributed by atoms with van der Waals surface area (Å²) in [5, 5.41) is 8.90. The Kier molecular flexibility index (Phi) is 6.46. The molecule has 26 heavy (non-hydrogen) atoms. The van der Waals surface area contributed by atoms with Crippen LogP contribution in [0.25, 0.3) is 0 Å². The number of fused-ring (bicyclic) bond motifs is 1. The fraction of sp³-hybridized carbons (Fsp3) is 0.263. The first kappa shape index (κ1) is 19.6. The van der Waals surface area contributed by atoms with Crippen LogP contribution in [0.15, 0.2) is 42.5 Å². The molecule has 0 spiro atoms. The van der Waals surface area contributed by atoms with E-state index < -0.39 is 6.03 Å². The summed E-state index contributed by atoms with van der Waals surface area (Å²) in [4.78, 5) is 23.6. The SMILES string of the molecule is CC(NC(=O)c1cccc2c1CCCN2)c1ccc(NC(N)=O)cc1.Cl. The fourth-order valence-corrected chi connectivity index (χ4v) is 3.08. The van der Waals surface area contributed by atoms with Gasteiger partial charge in [0, 0.05) is 23.5 Å². The van der Waals surface area contributed by atoms with E-state index in [1.165, 1.54) is 0 Å². The standard InChI is InChI=1S/C19H22N4O2.ClH/c1-12(13-7-9-14(10-8-13)23-19(20)25)22-18(24)16-4-2-6-17-15(16)5-3-11-21-17;/h2,4,6-10,12,21H,3,5,11H2,1H3,(H,22,24)(H3,20,23,25);1H. The number of rotatable bonds is 4. The molecule has 3 rings (SSSR count). The zero-order chi connectivity index (χ0) is 17.8. The number of nitrogens with two attached hydrogens (primary N) is 1. The molecule has 3 amide bonds. The van der Waals surface area contributed by atoms with Crippen LogP contribution in [-0.2, 0) is 6.42 Å². The monoisotopic (exact) mass is 374 g/mol. The van der Waals surface area contributed by atoms with Gasteiger partial charge in [-0.05, 0) is 55.2 Å². The highest BCUT2D eigenvalue weighted by molar-refractivity contribution is 5.97. The number of benzene rings is 2. The van der Waals surface area contributed by atoms with Gasteiger partial charge in [0.25, 0.3) is 5.91 Å². The van der Waals surface area contributed by atoms with Crippen LogP contribution < -0.4 is 21.7 Å². The molecule has 1 unspecified atom stereocenters. The molecule has 0 bridgehead atoms. The topological polar surface area (TPSA) is 96.2 Å². The van der Waals surface area contributed by atoms with Gasteiger partial charge < -0.3 is 21.7 Å². The van der Waals surface area contributed by atoms with Crippen molar-refractivity contribution in [3.63, 3.8) is 0 Å². The zero-order valence-electron chi connectivity index (χ0n) is 14.5. The number of amides is 3. The average molecular weight is 375 g/mol. The van der Waals surface area contributed by atoms with E-state index in [0.717, 1.165) is 41.8 Å². The van der Waals surface area contributed by atoms with Crippen molar-refractivity contribution in [2.75, 3.05) is 17.2 Å². The molecule has 138 valence electrons. The second kappa shape index (κ2) is 8.58. The van der Waals surface area contributed by atoms with E-state index in [9.17, 15) is 9.59 Å². The number of anilines is 2. The highest BCUT2D eigenvalue weighted by Crippen LogP contribution is 2.26. The zero-order valence-corrected chi connectivity index (χ0v) is 15.4. The number of hydrogen-bond acceptors (Lipinski definition) is 3. The van der Waals surface area contributed by atoms with Crippen molar-refractivity contribution >= 4 is 35.7 Å². The molecular formula is C19H23ClN4O2. The number of primary amides is 1. The lowest BCUT2D eigenvalue weighted by molar-refractivity contribution is 0.0939. The maximum absolute atomic E-state index is 12.7. The van der Waals surface area contributed by atoms with E-state index in [0.29, 0.717) is 5.69 Å². The Labute approximate surface area is 159 Å². The van der Waals surface area contributed by atoms with Crippen LogP contribution in [0.2, 0.25) is 0 Å². The third kappa shape index (κ3) is 4.46. The Hall–Kier alpha value is -2.73. The van der Waals surface area contributed by atoms with Gasteiger partial charge in [-0.2, -0.15) is 0 Å². The lowest BCUT2D eigenvalue weighted by Crippen LogP contribution is -2.28. The molecule has 2 aromatic rings. The van der Waals surface area contributed by atoms with Crippen LogP contribution in [0.4, 0.5) is 16.2 Å². The molecule has 7 heteroatoms. The summed E-state index contributed by atoms with van der Waals surface area (Å²) in [5.74, 6) is -0.0765. The Morgan fingerprint density at radius 3 is 2.58 bits per heavy atom. The minimum Gasteiger partial charge on any atom is -0.385 e. The molecule has 5 N–H and O–H groups in total. The predicted octanol–water partition coefficient (Wildman–Crippen LogP) is 3.45. The lowest BCUT2D eigenvalue weighted by Gasteiger charge is -2.22. The molecule has 0 saturated heterocycles. The van der Waals surface area contributed by atoms with Crippen LogP contribution in [-0.4, -0.2) is 18.5 Å². The molecule has 0 aromatic heterocycles. The van der Waals surface area contributed by atoms with Crippen molar-refractivity contribution < 1.29 is 9.59 Å². The average Bonchev–Trinajstić information content (AvgIpc) is 2.61. The lowest BCUT2D eigenvalue weighted by atomic mass is 9.96. The number of hydrogen-bond donors (Lipinski definition) is 4. The first-order valence-corrected chi connectivity index (χ1v) is 8.37. The molecule has 0 radical (unpaired) electrons. The maximum Gasteiger partial charge on any atom is 0.316 e. The Balaban J connectivity index is 0.00000243. The minimum absolute atomic E-state index is 0. The van der Waals surface area contributed by atoms with Crippen molar-refractivity contribution in [1.29, 1.82) is 0 Å². The maximum atomic E-state index is 12.7. The van der Waals surface area contributed by atoms with Crippen LogP contribution >= 0.6 is 12.4 Å². The summed E-state index contributed by atoms with van der Waals surface area (Å²) >= 11 is 0. The number of halogens is 1. The number of nitrogens with one attached hydrogen (secondary N) is 3. The molecule has 0 saturated carbocycles. The highest BCUT2D eigenvalue weighted by atomic mass is 35.5. The van der Waals surface area contributed by atoms with E-state index in [4.69, 9.17) is 5.73 Å². The molecule has 1 atom stereocenters. The molecule has 0 fully saturated rings. The quantitative estimate of drug-likeness (QED) is 0.660. The molecule has 1 heterocycles. The fourth-order valence-electron chi connectivity index (χ4n) is 3.08. The van der Waals surface area contributed by atoms with E-state index in [1.54, 1.807) is 12.1 Å². The molecule has 1 aliphatic heterocycles. The van der Waals surface area contributed by atoms with Gasteiger partial charge >= 0.3 is 6.03 Å². The third-order valence-corrected chi connectivity index (χ3v) is 4.37. The van der Waals surface area contributed by atoms with Gasteiger partial charge in [0.2, 0.25) is 0 Å². The Bertz CT molecular complexity index is 793.